The van der Waals surface area contributed by atoms with E-state index in [1.54, 1.807) is 32.2 Å². The quantitative estimate of drug-likeness (QED) is 0.420. The fourth-order valence-corrected chi connectivity index (χ4v) is 3.99. The molecule has 0 saturated heterocycles. The summed E-state index contributed by atoms with van der Waals surface area (Å²) in [7, 11) is 4.39. The molecule has 0 saturated carbocycles. The topological polar surface area (TPSA) is 103 Å². The fourth-order valence-electron chi connectivity index (χ4n) is 3.39. The summed E-state index contributed by atoms with van der Waals surface area (Å²) < 4.78 is 15.9. The molecule has 1 atom stereocenters. The number of benzene rings is 1. The van der Waals surface area contributed by atoms with Crippen molar-refractivity contribution in [1.29, 1.82) is 0 Å². The van der Waals surface area contributed by atoms with E-state index in [4.69, 9.17) is 14.2 Å². The molecule has 9 heteroatoms. The summed E-state index contributed by atoms with van der Waals surface area (Å²) in [6.45, 7) is 3.73. The number of nitrogens with zero attached hydrogens (tertiary/aromatic N) is 1. The molecule has 1 aliphatic heterocycles. The predicted molar refractivity (Wildman–Crippen MR) is 111 cm³/mol. The van der Waals surface area contributed by atoms with Crippen molar-refractivity contribution in [1.82, 2.24) is 9.97 Å². The second-order valence-corrected chi connectivity index (χ2v) is 7.52. The molecule has 0 spiro atoms. The lowest BCUT2D eigenvalue weighted by Crippen LogP contribution is -2.31. The number of H-pyrrole nitrogens is 1. The number of esters is 1. The van der Waals surface area contributed by atoms with Crippen LogP contribution >= 0.6 is 11.8 Å². The summed E-state index contributed by atoms with van der Waals surface area (Å²) in [6, 6.07) is 5.24. The van der Waals surface area contributed by atoms with E-state index in [2.05, 4.69) is 15.3 Å². The van der Waals surface area contributed by atoms with E-state index in [1.165, 1.54) is 26.0 Å². The Kier molecular flexibility index (Phi) is 6.17. The van der Waals surface area contributed by atoms with E-state index in [1.807, 2.05) is 6.92 Å². The van der Waals surface area contributed by atoms with Gasteiger partial charge in [-0.25, -0.2) is 9.78 Å². The third-order valence-electron chi connectivity index (χ3n) is 4.66. The molecule has 154 valence electrons. The van der Waals surface area contributed by atoms with Gasteiger partial charge in [0.1, 0.15) is 17.3 Å². The molecule has 2 heterocycles. The number of carbonyl (C=O) groups excluding carboxylic acids is 1. The molecule has 1 aromatic heterocycles. The highest BCUT2D eigenvalue weighted by molar-refractivity contribution is 7.99. The van der Waals surface area contributed by atoms with Gasteiger partial charge in [0.2, 0.25) is 0 Å². The summed E-state index contributed by atoms with van der Waals surface area (Å²) in [6.07, 6.45) is 0. The van der Waals surface area contributed by atoms with Crippen LogP contribution in [0.15, 0.2) is 39.4 Å². The van der Waals surface area contributed by atoms with Crippen molar-refractivity contribution >= 4 is 23.5 Å². The van der Waals surface area contributed by atoms with Crippen molar-refractivity contribution < 1.29 is 19.0 Å². The van der Waals surface area contributed by atoms with Crippen molar-refractivity contribution in [3.05, 3.63) is 50.9 Å². The number of thioether (sulfide) groups is 1. The van der Waals surface area contributed by atoms with E-state index in [0.29, 0.717) is 44.9 Å². The van der Waals surface area contributed by atoms with E-state index in [9.17, 15) is 9.59 Å². The number of carbonyl (C=O) groups is 1. The molecule has 0 fully saturated rings. The average Bonchev–Trinajstić information content (AvgIpc) is 2.71. The Hall–Kier alpha value is -2.94. The first-order valence-corrected chi connectivity index (χ1v) is 9.98. The summed E-state index contributed by atoms with van der Waals surface area (Å²) in [4.78, 5) is 33.1. The Morgan fingerprint density at radius 1 is 1.24 bits per heavy atom. The Morgan fingerprint density at radius 3 is 2.62 bits per heavy atom. The van der Waals surface area contributed by atoms with E-state index in [0.717, 1.165) is 5.75 Å². The van der Waals surface area contributed by atoms with Gasteiger partial charge in [0, 0.05) is 11.3 Å². The number of allylic oxidation sites excluding steroid dienone is 1. The maximum Gasteiger partial charge on any atom is 0.336 e. The first-order chi connectivity index (χ1) is 13.9. The van der Waals surface area contributed by atoms with Crippen LogP contribution in [0.3, 0.4) is 0 Å². The lowest BCUT2D eigenvalue weighted by atomic mass is 9.81. The molecule has 2 N–H and O–H groups in total. The summed E-state index contributed by atoms with van der Waals surface area (Å²) in [5, 5.41) is 3.60. The molecular weight excluding hydrogens is 394 g/mol. The van der Waals surface area contributed by atoms with Crippen LogP contribution in [0.25, 0.3) is 0 Å². The minimum Gasteiger partial charge on any atom is -0.497 e. The number of hydrogen-bond acceptors (Lipinski definition) is 8. The fraction of sp³-hybridized carbons (Fsp3) is 0.350. The number of aromatic nitrogens is 2. The van der Waals surface area contributed by atoms with Crippen molar-refractivity contribution in [3.8, 4) is 11.5 Å². The monoisotopic (exact) mass is 417 g/mol. The standard InChI is InChI=1S/C20H23N3O5S/c1-6-29-20-22-17-16(18(24)23-20)15(14(10(2)21-17)19(25)28-5)12-9-11(26-3)7-8-13(12)27-4/h7-9,15H,6H2,1-5H3,(H2,21,22,23,24). The molecule has 1 unspecified atom stereocenters. The number of ether oxygens (including phenoxy) is 3. The first-order valence-electron chi connectivity index (χ1n) is 9.00. The van der Waals surface area contributed by atoms with Crippen LogP contribution in [0.1, 0.15) is 30.9 Å². The van der Waals surface area contributed by atoms with Gasteiger partial charge in [0.05, 0.1) is 38.4 Å². The number of anilines is 1. The van der Waals surface area contributed by atoms with E-state index < -0.39 is 11.9 Å². The van der Waals surface area contributed by atoms with Crippen molar-refractivity contribution in [2.24, 2.45) is 0 Å². The number of aromatic amines is 1. The second-order valence-electron chi connectivity index (χ2n) is 6.26. The number of hydrogen-bond donors (Lipinski definition) is 2. The highest BCUT2D eigenvalue weighted by atomic mass is 32.2. The minimum absolute atomic E-state index is 0.315. The molecule has 8 nitrogen and oxygen atoms in total. The lowest BCUT2D eigenvalue weighted by molar-refractivity contribution is -0.136. The van der Waals surface area contributed by atoms with Crippen molar-refractivity contribution in [3.63, 3.8) is 0 Å². The summed E-state index contributed by atoms with van der Waals surface area (Å²) >= 11 is 1.43. The number of methoxy groups -OCH3 is 3. The van der Waals surface area contributed by atoms with Crippen molar-refractivity contribution in [2.75, 3.05) is 32.4 Å². The highest BCUT2D eigenvalue weighted by Crippen LogP contribution is 2.44. The number of nitrogens with one attached hydrogen (secondary N) is 2. The maximum atomic E-state index is 13.1. The van der Waals surface area contributed by atoms with Gasteiger partial charge in [-0.2, -0.15) is 0 Å². The normalized spacial score (nSPS) is 15.4. The van der Waals surface area contributed by atoms with Crippen LogP contribution in [-0.4, -0.2) is 43.0 Å². The zero-order valence-corrected chi connectivity index (χ0v) is 17.7. The van der Waals surface area contributed by atoms with Crippen LogP contribution in [0.4, 0.5) is 5.82 Å². The van der Waals surface area contributed by atoms with E-state index in [-0.39, 0.29) is 5.56 Å². The highest BCUT2D eigenvalue weighted by Gasteiger charge is 2.38. The van der Waals surface area contributed by atoms with Gasteiger partial charge in [0.15, 0.2) is 5.16 Å². The zero-order valence-electron chi connectivity index (χ0n) is 16.9. The molecule has 0 amide bonds. The van der Waals surface area contributed by atoms with E-state index >= 15 is 0 Å². The first kappa shape index (κ1) is 20.8. The number of fused-ring (bicyclic) bond motifs is 1. The molecular formula is C20H23N3O5S. The Balaban J connectivity index is 2.33. The molecule has 3 rings (SSSR count). The number of rotatable bonds is 6. The lowest BCUT2D eigenvalue weighted by Gasteiger charge is -2.29. The molecule has 0 bridgehead atoms. The summed E-state index contributed by atoms with van der Waals surface area (Å²) in [5.74, 6) is 0.985. The van der Waals surface area contributed by atoms with Crippen molar-refractivity contribution in [2.45, 2.75) is 24.9 Å². The Morgan fingerprint density at radius 2 is 2.00 bits per heavy atom. The predicted octanol–water partition coefficient (Wildman–Crippen LogP) is 2.90. The SMILES string of the molecule is CCSc1nc2c(c(=O)[nH]1)C(c1cc(OC)ccc1OC)C(C(=O)OC)=C(C)N2. The van der Waals surface area contributed by atoms with Gasteiger partial charge in [0.25, 0.3) is 5.56 Å². The third-order valence-corrected chi connectivity index (χ3v) is 5.41. The Bertz CT molecular complexity index is 1030. The molecule has 1 aliphatic rings. The maximum absolute atomic E-state index is 13.1. The van der Waals surface area contributed by atoms with Gasteiger partial charge in [-0.05, 0) is 30.9 Å². The third kappa shape index (κ3) is 3.82. The summed E-state index contributed by atoms with van der Waals surface area (Å²) in [5.41, 5.74) is 1.47. The molecule has 2 aromatic rings. The van der Waals surface area contributed by atoms with Crippen LogP contribution in [0, 0.1) is 0 Å². The molecule has 29 heavy (non-hydrogen) atoms. The largest absolute Gasteiger partial charge is 0.497 e. The van der Waals surface area contributed by atoms with Gasteiger partial charge < -0.3 is 24.5 Å². The Labute approximate surface area is 172 Å². The van der Waals surface area contributed by atoms with Gasteiger partial charge in [-0.1, -0.05) is 18.7 Å². The van der Waals surface area contributed by atoms with Crippen LogP contribution in [-0.2, 0) is 9.53 Å². The van der Waals surface area contributed by atoms with Crippen LogP contribution in [0.5, 0.6) is 11.5 Å². The van der Waals surface area contributed by atoms with Gasteiger partial charge in [-0.15, -0.1) is 0 Å². The van der Waals surface area contributed by atoms with Gasteiger partial charge >= 0.3 is 5.97 Å². The minimum atomic E-state index is -0.735. The average molecular weight is 417 g/mol. The molecule has 0 radical (unpaired) electrons. The second kappa shape index (κ2) is 8.60. The van der Waals surface area contributed by atoms with Crippen LogP contribution in [0.2, 0.25) is 0 Å². The smallest absolute Gasteiger partial charge is 0.336 e. The van der Waals surface area contributed by atoms with Gasteiger partial charge in [-0.3, -0.25) is 4.79 Å². The van der Waals surface area contributed by atoms with Crippen LogP contribution < -0.4 is 20.3 Å². The molecule has 0 aliphatic carbocycles. The molecule has 1 aromatic carbocycles. The zero-order chi connectivity index (χ0) is 21.1.